The molecule has 0 fully saturated rings. The van der Waals surface area contributed by atoms with Crippen molar-refractivity contribution in [1.29, 1.82) is 0 Å². The van der Waals surface area contributed by atoms with Crippen molar-refractivity contribution in [1.82, 2.24) is 4.31 Å². The lowest BCUT2D eigenvalue weighted by molar-refractivity contribution is 0.158. The molecular weight excluding hydrogens is 266 g/mol. The fraction of sp³-hybridized carbons (Fsp3) is 0.500. The third-order valence-electron chi connectivity index (χ3n) is 2.59. The van der Waals surface area contributed by atoms with Crippen LogP contribution in [0, 0.1) is 0 Å². The number of hydrogen-bond donors (Lipinski definition) is 2. The van der Waals surface area contributed by atoms with Crippen molar-refractivity contribution in [3.05, 3.63) is 18.2 Å². The van der Waals surface area contributed by atoms with E-state index >= 15 is 0 Å². The quantitative estimate of drug-likeness (QED) is 0.576. The monoisotopic (exact) mass is 287 g/mol. The van der Waals surface area contributed by atoms with Gasteiger partial charge in [-0.15, -0.1) is 0 Å². The van der Waals surface area contributed by atoms with Crippen molar-refractivity contribution >= 4 is 21.4 Å². The van der Waals surface area contributed by atoms with E-state index in [0.717, 1.165) is 4.31 Å². The highest BCUT2D eigenvalue weighted by atomic mass is 32.2. The average Bonchev–Trinajstić information content (AvgIpc) is 2.36. The van der Waals surface area contributed by atoms with Crippen molar-refractivity contribution in [2.45, 2.75) is 11.8 Å². The summed E-state index contributed by atoms with van der Waals surface area (Å²) < 4.78 is 30.5. The Hall–Kier alpha value is -1.31. The molecule has 0 saturated heterocycles. The summed E-state index contributed by atoms with van der Waals surface area (Å²) in [7, 11) is -0.576. The van der Waals surface area contributed by atoms with Crippen molar-refractivity contribution in [2.75, 3.05) is 44.9 Å². The van der Waals surface area contributed by atoms with Crippen LogP contribution in [0.3, 0.4) is 0 Å². The summed E-state index contributed by atoms with van der Waals surface area (Å²) in [4.78, 5) is 0.110. The summed E-state index contributed by atoms with van der Waals surface area (Å²) in [6.45, 7) is 3.68. The van der Waals surface area contributed by atoms with Gasteiger partial charge in [0, 0.05) is 27.2 Å². The van der Waals surface area contributed by atoms with E-state index in [-0.39, 0.29) is 10.6 Å². The Morgan fingerprint density at radius 3 is 2.63 bits per heavy atom. The van der Waals surface area contributed by atoms with Gasteiger partial charge in [0.25, 0.3) is 0 Å². The number of ether oxygens (including phenoxy) is 1. The van der Waals surface area contributed by atoms with E-state index < -0.39 is 10.0 Å². The zero-order chi connectivity index (χ0) is 14.5. The Labute approximate surface area is 114 Å². The molecule has 3 N–H and O–H groups in total. The van der Waals surface area contributed by atoms with E-state index in [1.54, 1.807) is 12.1 Å². The minimum absolute atomic E-state index is 0.110. The van der Waals surface area contributed by atoms with Gasteiger partial charge >= 0.3 is 0 Å². The van der Waals surface area contributed by atoms with Gasteiger partial charge in [0.1, 0.15) is 4.90 Å². The molecule has 0 spiro atoms. The number of benzene rings is 1. The predicted octanol–water partition coefficient (Wildman–Crippen LogP) is 0.968. The standard InChI is InChI=1S/C12H21N3O3S/c1-4-18-9-8-14-10-6-5-7-11(12(10)13)19(16,17)15(2)3/h5-7,14H,4,8-9,13H2,1-3H3. The molecular formula is C12H21N3O3S. The van der Waals surface area contributed by atoms with E-state index in [9.17, 15) is 8.42 Å². The molecule has 108 valence electrons. The van der Waals surface area contributed by atoms with Crippen molar-refractivity contribution in [3.63, 3.8) is 0 Å². The first-order valence-electron chi connectivity index (χ1n) is 6.04. The number of rotatable bonds is 7. The highest BCUT2D eigenvalue weighted by Gasteiger charge is 2.21. The molecule has 1 rings (SSSR count). The fourth-order valence-electron chi connectivity index (χ4n) is 1.52. The number of nitrogens with zero attached hydrogens (tertiary/aromatic N) is 1. The number of para-hydroxylation sites is 1. The van der Waals surface area contributed by atoms with Gasteiger partial charge in [0.05, 0.1) is 18.0 Å². The molecule has 0 bridgehead atoms. The number of nitrogens with one attached hydrogen (secondary N) is 1. The molecule has 0 aliphatic heterocycles. The fourth-order valence-corrected chi connectivity index (χ4v) is 2.55. The molecule has 0 heterocycles. The Morgan fingerprint density at radius 2 is 2.05 bits per heavy atom. The molecule has 1 aromatic rings. The largest absolute Gasteiger partial charge is 0.396 e. The topological polar surface area (TPSA) is 84.7 Å². The second-order valence-electron chi connectivity index (χ2n) is 4.13. The predicted molar refractivity (Wildman–Crippen MR) is 76.7 cm³/mol. The third kappa shape index (κ3) is 3.82. The van der Waals surface area contributed by atoms with E-state index in [1.807, 2.05) is 6.92 Å². The van der Waals surface area contributed by atoms with E-state index in [2.05, 4.69) is 5.32 Å². The molecule has 0 aliphatic carbocycles. The first-order chi connectivity index (χ1) is 8.91. The van der Waals surface area contributed by atoms with Gasteiger partial charge in [0.2, 0.25) is 10.0 Å². The van der Waals surface area contributed by atoms with Crippen LogP contribution in [0.2, 0.25) is 0 Å². The van der Waals surface area contributed by atoms with E-state index in [1.165, 1.54) is 20.2 Å². The van der Waals surface area contributed by atoms with Gasteiger partial charge in [0.15, 0.2) is 0 Å². The highest BCUT2D eigenvalue weighted by Crippen LogP contribution is 2.27. The van der Waals surface area contributed by atoms with Gasteiger partial charge in [-0.2, -0.15) is 0 Å². The number of nitrogen functional groups attached to an aromatic ring is 1. The van der Waals surface area contributed by atoms with E-state index in [4.69, 9.17) is 10.5 Å². The van der Waals surface area contributed by atoms with Crippen LogP contribution in [0.1, 0.15) is 6.92 Å². The second-order valence-corrected chi connectivity index (χ2v) is 6.25. The third-order valence-corrected chi connectivity index (χ3v) is 4.46. The summed E-state index contributed by atoms with van der Waals surface area (Å²) >= 11 is 0. The SMILES string of the molecule is CCOCCNc1cccc(S(=O)(=O)N(C)C)c1N. The Bertz CT molecular complexity index is 515. The maximum absolute atomic E-state index is 12.1. The maximum atomic E-state index is 12.1. The first-order valence-corrected chi connectivity index (χ1v) is 7.48. The van der Waals surface area contributed by atoms with Crippen LogP contribution in [-0.4, -0.2) is 46.6 Å². The summed E-state index contributed by atoms with van der Waals surface area (Å²) in [6.07, 6.45) is 0. The van der Waals surface area contributed by atoms with Gasteiger partial charge in [-0.25, -0.2) is 12.7 Å². The van der Waals surface area contributed by atoms with Gasteiger partial charge in [-0.05, 0) is 19.1 Å². The molecule has 0 aromatic heterocycles. The first kappa shape index (κ1) is 15.7. The van der Waals surface area contributed by atoms with Crippen LogP contribution in [-0.2, 0) is 14.8 Å². The summed E-state index contributed by atoms with van der Waals surface area (Å²) in [5.41, 5.74) is 6.74. The minimum atomic E-state index is -3.53. The summed E-state index contributed by atoms with van der Waals surface area (Å²) in [5, 5.41) is 3.07. The lowest BCUT2D eigenvalue weighted by Gasteiger charge is -2.16. The van der Waals surface area contributed by atoms with Crippen LogP contribution in [0.4, 0.5) is 11.4 Å². The molecule has 0 aliphatic rings. The normalized spacial score (nSPS) is 11.8. The molecule has 6 nitrogen and oxygen atoms in total. The van der Waals surface area contributed by atoms with E-state index in [0.29, 0.717) is 25.4 Å². The molecule has 19 heavy (non-hydrogen) atoms. The highest BCUT2D eigenvalue weighted by molar-refractivity contribution is 7.89. The molecule has 0 amide bonds. The summed E-state index contributed by atoms with van der Waals surface area (Å²) in [5.74, 6) is 0. The van der Waals surface area contributed by atoms with Crippen LogP contribution in [0.25, 0.3) is 0 Å². The van der Waals surface area contributed by atoms with Gasteiger partial charge in [-0.3, -0.25) is 0 Å². The average molecular weight is 287 g/mol. The number of sulfonamides is 1. The summed E-state index contributed by atoms with van der Waals surface area (Å²) in [6, 6.07) is 4.91. The number of anilines is 2. The van der Waals surface area contributed by atoms with Gasteiger partial charge < -0.3 is 15.8 Å². The zero-order valence-corrected chi connectivity index (χ0v) is 12.3. The number of hydrogen-bond acceptors (Lipinski definition) is 5. The van der Waals surface area contributed by atoms with Crippen LogP contribution < -0.4 is 11.1 Å². The lowest BCUT2D eigenvalue weighted by Crippen LogP contribution is -2.23. The maximum Gasteiger partial charge on any atom is 0.244 e. The molecule has 7 heteroatoms. The molecule has 1 aromatic carbocycles. The second kappa shape index (κ2) is 6.74. The smallest absolute Gasteiger partial charge is 0.244 e. The van der Waals surface area contributed by atoms with Crippen LogP contribution in [0.15, 0.2) is 23.1 Å². The van der Waals surface area contributed by atoms with Crippen LogP contribution >= 0.6 is 0 Å². The Morgan fingerprint density at radius 1 is 1.37 bits per heavy atom. The zero-order valence-electron chi connectivity index (χ0n) is 11.5. The molecule has 0 radical (unpaired) electrons. The molecule has 0 saturated carbocycles. The molecule has 0 unspecified atom stereocenters. The Kier molecular flexibility index (Phi) is 5.59. The number of nitrogens with two attached hydrogens (primary N) is 1. The Balaban J connectivity index is 2.93. The van der Waals surface area contributed by atoms with Crippen molar-refractivity contribution in [3.8, 4) is 0 Å². The lowest BCUT2D eigenvalue weighted by atomic mass is 10.2. The van der Waals surface area contributed by atoms with Crippen molar-refractivity contribution in [2.24, 2.45) is 0 Å². The van der Waals surface area contributed by atoms with Crippen molar-refractivity contribution < 1.29 is 13.2 Å². The molecule has 0 atom stereocenters. The van der Waals surface area contributed by atoms with Crippen LogP contribution in [0.5, 0.6) is 0 Å². The minimum Gasteiger partial charge on any atom is -0.396 e. The van der Waals surface area contributed by atoms with Gasteiger partial charge in [-0.1, -0.05) is 6.07 Å².